The monoisotopic (exact) mass is 340 g/mol. The van der Waals surface area contributed by atoms with Gasteiger partial charge in [0.25, 0.3) is 0 Å². The Morgan fingerprint density at radius 3 is 2.38 bits per heavy atom. The molecule has 1 heterocycles. The lowest BCUT2D eigenvalue weighted by Gasteiger charge is -2.56. The molecule has 0 radical (unpaired) electrons. The molecule has 0 bridgehead atoms. The average molecular weight is 341 g/mol. The molecule has 1 saturated heterocycles. The lowest BCUT2D eigenvalue weighted by molar-refractivity contribution is -0.209. The van der Waals surface area contributed by atoms with Gasteiger partial charge >= 0.3 is 0 Å². The topological polar surface area (TPSA) is 53.0 Å². The van der Waals surface area contributed by atoms with Gasteiger partial charge in [-0.05, 0) is 52.6 Å². The zero-order valence-corrected chi connectivity index (χ0v) is 16.1. The number of hydrogen-bond acceptors (Lipinski definition) is 4. The molecule has 1 saturated carbocycles. The molecule has 5 nitrogen and oxygen atoms in total. The molecule has 5 heteroatoms. The highest BCUT2D eigenvalue weighted by molar-refractivity contribution is 5.78. The van der Waals surface area contributed by atoms with Gasteiger partial charge in [0.2, 0.25) is 5.91 Å². The van der Waals surface area contributed by atoms with Crippen molar-refractivity contribution in [3.8, 4) is 0 Å². The number of aliphatic hydroxyl groups is 1. The summed E-state index contributed by atoms with van der Waals surface area (Å²) in [4.78, 5) is 16.9. The maximum Gasteiger partial charge on any atom is 0.236 e. The van der Waals surface area contributed by atoms with E-state index in [1.165, 1.54) is 0 Å². The highest BCUT2D eigenvalue weighted by atomic mass is 16.5. The summed E-state index contributed by atoms with van der Waals surface area (Å²) in [6.45, 7) is 14.3. The van der Waals surface area contributed by atoms with Crippen LogP contribution in [-0.2, 0) is 9.53 Å². The number of carbonyl (C=O) groups excluding carboxylic acids is 1. The van der Waals surface area contributed by atoms with Gasteiger partial charge < -0.3 is 14.7 Å². The van der Waals surface area contributed by atoms with E-state index in [9.17, 15) is 9.90 Å². The minimum Gasteiger partial charge on any atom is -0.392 e. The molecular formula is C19H36N2O3. The van der Waals surface area contributed by atoms with Gasteiger partial charge in [0.05, 0.1) is 18.8 Å². The summed E-state index contributed by atoms with van der Waals surface area (Å²) in [5.74, 6) is 0.711. The van der Waals surface area contributed by atoms with E-state index < -0.39 is 0 Å². The normalized spacial score (nSPS) is 26.8. The van der Waals surface area contributed by atoms with Crippen molar-refractivity contribution in [1.82, 2.24) is 9.80 Å². The first-order chi connectivity index (χ1) is 11.3. The van der Waals surface area contributed by atoms with Crippen LogP contribution in [-0.4, -0.2) is 71.8 Å². The Labute approximate surface area is 147 Å². The van der Waals surface area contributed by atoms with Crippen molar-refractivity contribution in [2.45, 2.75) is 72.1 Å². The molecule has 1 aliphatic heterocycles. The fraction of sp³-hybridized carbons (Fsp3) is 0.947. The maximum atomic E-state index is 12.7. The number of ether oxygens (including phenoxy) is 1. The Morgan fingerprint density at radius 2 is 1.92 bits per heavy atom. The minimum absolute atomic E-state index is 0.0643. The largest absolute Gasteiger partial charge is 0.392 e. The van der Waals surface area contributed by atoms with Crippen molar-refractivity contribution in [3.63, 3.8) is 0 Å². The molecule has 0 aromatic carbocycles. The Hall–Kier alpha value is -0.650. The first kappa shape index (κ1) is 19.7. The van der Waals surface area contributed by atoms with Gasteiger partial charge in [-0.15, -0.1) is 0 Å². The van der Waals surface area contributed by atoms with Crippen LogP contribution >= 0.6 is 0 Å². The molecule has 0 aromatic rings. The molecule has 2 unspecified atom stereocenters. The van der Waals surface area contributed by atoms with E-state index in [1.54, 1.807) is 0 Å². The zero-order chi connectivity index (χ0) is 17.9. The highest BCUT2D eigenvalue weighted by Crippen LogP contribution is 2.50. The van der Waals surface area contributed by atoms with Gasteiger partial charge in [0, 0.05) is 31.0 Å². The predicted molar refractivity (Wildman–Crippen MR) is 95.8 cm³/mol. The lowest BCUT2D eigenvalue weighted by atomic mass is 9.58. The second kappa shape index (κ2) is 8.15. The van der Waals surface area contributed by atoms with Crippen molar-refractivity contribution in [3.05, 3.63) is 0 Å². The highest BCUT2D eigenvalue weighted by Gasteiger charge is 2.56. The van der Waals surface area contributed by atoms with Crippen molar-refractivity contribution < 1.29 is 14.6 Å². The summed E-state index contributed by atoms with van der Waals surface area (Å²) in [6.07, 6.45) is 2.58. The van der Waals surface area contributed by atoms with Gasteiger partial charge in [-0.1, -0.05) is 13.8 Å². The van der Waals surface area contributed by atoms with Crippen LogP contribution in [0.3, 0.4) is 0 Å². The van der Waals surface area contributed by atoms with Crippen molar-refractivity contribution >= 4 is 5.91 Å². The summed E-state index contributed by atoms with van der Waals surface area (Å²) in [6, 6.07) is 0.242. The Balaban J connectivity index is 1.87. The first-order valence-electron chi connectivity index (χ1n) is 9.61. The van der Waals surface area contributed by atoms with E-state index in [0.29, 0.717) is 19.1 Å². The van der Waals surface area contributed by atoms with Gasteiger partial charge in [-0.25, -0.2) is 0 Å². The third-order valence-corrected chi connectivity index (χ3v) is 5.76. The second-order valence-corrected chi connectivity index (χ2v) is 8.24. The van der Waals surface area contributed by atoms with Gasteiger partial charge in [0.15, 0.2) is 0 Å². The molecule has 0 aromatic heterocycles. The molecule has 2 aliphatic rings. The number of rotatable bonds is 7. The molecule has 2 rings (SSSR count). The van der Waals surface area contributed by atoms with Crippen LogP contribution in [0.2, 0.25) is 0 Å². The SMILES string of the molecule is CCOC1CC(O)C12CCN(CC(=O)N(CC(C)C)C(C)C)CC2. The van der Waals surface area contributed by atoms with Gasteiger partial charge in [-0.3, -0.25) is 9.69 Å². The number of aliphatic hydroxyl groups excluding tert-OH is 1. The van der Waals surface area contributed by atoms with E-state index in [1.807, 2.05) is 11.8 Å². The van der Waals surface area contributed by atoms with Crippen LogP contribution in [0.5, 0.6) is 0 Å². The molecule has 24 heavy (non-hydrogen) atoms. The molecule has 2 fully saturated rings. The van der Waals surface area contributed by atoms with Crippen LogP contribution in [0.25, 0.3) is 0 Å². The zero-order valence-electron chi connectivity index (χ0n) is 16.1. The number of carbonyl (C=O) groups is 1. The van der Waals surface area contributed by atoms with E-state index in [2.05, 4.69) is 32.6 Å². The summed E-state index contributed by atoms with van der Waals surface area (Å²) >= 11 is 0. The fourth-order valence-electron chi connectivity index (χ4n) is 4.22. The Morgan fingerprint density at radius 1 is 1.29 bits per heavy atom. The van der Waals surface area contributed by atoms with Crippen molar-refractivity contribution in [2.75, 3.05) is 32.8 Å². The molecular weight excluding hydrogens is 304 g/mol. The molecule has 1 N–H and O–H groups in total. The predicted octanol–water partition coefficient (Wildman–Crippen LogP) is 2.13. The first-order valence-corrected chi connectivity index (χ1v) is 9.61. The number of likely N-dealkylation sites (tertiary alicyclic amines) is 1. The summed E-state index contributed by atoms with van der Waals surface area (Å²) in [5, 5.41) is 10.3. The summed E-state index contributed by atoms with van der Waals surface area (Å²) < 4.78 is 5.82. The molecule has 2 atom stereocenters. The number of nitrogens with zero attached hydrogens (tertiary/aromatic N) is 2. The fourth-order valence-corrected chi connectivity index (χ4v) is 4.22. The van der Waals surface area contributed by atoms with E-state index >= 15 is 0 Å². The molecule has 140 valence electrons. The maximum absolute atomic E-state index is 12.7. The van der Waals surface area contributed by atoms with E-state index in [4.69, 9.17) is 4.74 Å². The molecule has 1 aliphatic carbocycles. The number of amides is 1. The van der Waals surface area contributed by atoms with Crippen LogP contribution in [0.4, 0.5) is 0 Å². The average Bonchev–Trinajstić information content (AvgIpc) is 2.52. The number of piperidine rings is 1. The van der Waals surface area contributed by atoms with Crippen LogP contribution in [0.1, 0.15) is 53.9 Å². The minimum atomic E-state index is -0.236. The third kappa shape index (κ3) is 4.12. The second-order valence-electron chi connectivity index (χ2n) is 8.24. The van der Waals surface area contributed by atoms with Gasteiger partial charge in [-0.2, -0.15) is 0 Å². The van der Waals surface area contributed by atoms with Crippen molar-refractivity contribution in [2.24, 2.45) is 11.3 Å². The van der Waals surface area contributed by atoms with Crippen LogP contribution in [0.15, 0.2) is 0 Å². The Kier molecular flexibility index (Phi) is 6.68. The van der Waals surface area contributed by atoms with E-state index in [0.717, 1.165) is 38.9 Å². The molecule has 1 amide bonds. The molecule has 1 spiro atoms. The van der Waals surface area contributed by atoms with Gasteiger partial charge in [0.1, 0.15) is 0 Å². The van der Waals surface area contributed by atoms with E-state index in [-0.39, 0.29) is 29.6 Å². The lowest BCUT2D eigenvalue weighted by Crippen LogP contribution is -2.62. The van der Waals surface area contributed by atoms with Crippen molar-refractivity contribution in [1.29, 1.82) is 0 Å². The third-order valence-electron chi connectivity index (χ3n) is 5.76. The van der Waals surface area contributed by atoms with Crippen LogP contribution < -0.4 is 0 Å². The number of hydrogen-bond donors (Lipinski definition) is 1. The smallest absolute Gasteiger partial charge is 0.236 e. The summed E-state index contributed by atoms with van der Waals surface area (Å²) in [5.41, 5.74) is -0.0643. The van der Waals surface area contributed by atoms with Crippen LogP contribution in [0, 0.1) is 11.3 Å². The quantitative estimate of drug-likeness (QED) is 0.771. The Bertz CT molecular complexity index is 415. The summed E-state index contributed by atoms with van der Waals surface area (Å²) in [7, 11) is 0. The standard InChI is InChI=1S/C19H36N2O3/c1-6-24-17-11-16(22)19(17)7-9-20(10-8-19)13-18(23)21(15(4)5)12-14(2)3/h14-17,22H,6-13H2,1-5H3.